The Hall–Kier alpha value is -2.60. The molecule has 0 bridgehead atoms. The van der Waals surface area contributed by atoms with Gasteiger partial charge in [-0.1, -0.05) is 17.7 Å². The van der Waals surface area contributed by atoms with Crippen molar-refractivity contribution in [2.45, 2.75) is 31.4 Å². The van der Waals surface area contributed by atoms with Gasteiger partial charge in [0.25, 0.3) is 0 Å². The van der Waals surface area contributed by atoms with Crippen LogP contribution in [0.2, 0.25) is 5.02 Å². The third kappa shape index (κ3) is 7.20. The summed E-state index contributed by atoms with van der Waals surface area (Å²) in [7, 11) is 0. The van der Waals surface area contributed by atoms with E-state index in [1.54, 1.807) is 11.8 Å². The largest absolute Gasteiger partial charge is 0.573 e. The molecule has 0 radical (unpaired) electrons. The number of halogens is 7. The predicted octanol–water partition coefficient (Wildman–Crippen LogP) is 6.33. The van der Waals surface area contributed by atoms with Gasteiger partial charge >= 0.3 is 12.5 Å². The van der Waals surface area contributed by atoms with Gasteiger partial charge in [-0.25, -0.2) is 0 Å². The fraction of sp³-hybridized carbons (Fsp3) is 0.364. The first-order valence-corrected chi connectivity index (χ1v) is 12.0. The molecule has 0 aliphatic carbocycles. The number of thioether (sulfide) groups is 1. The van der Waals surface area contributed by atoms with Gasteiger partial charge in [-0.2, -0.15) is 30.0 Å². The molecule has 1 heterocycles. The van der Waals surface area contributed by atoms with Crippen molar-refractivity contribution >= 4 is 40.7 Å². The van der Waals surface area contributed by atoms with Gasteiger partial charge in [0.1, 0.15) is 11.8 Å². The molecule has 0 fully saturated rings. The number of rotatable bonds is 8. The molecule has 1 aliphatic rings. The number of hydrogen-bond acceptors (Lipinski definition) is 5. The van der Waals surface area contributed by atoms with Gasteiger partial charge in [0, 0.05) is 11.6 Å². The van der Waals surface area contributed by atoms with Gasteiger partial charge in [-0.3, -0.25) is 10.2 Å². The Morgan fingerprint density at radius 3 is 2.40 bits per heavy atom. The van der Waals surface area contributed by atoms with E-state index in [0.29, 0.717) is 24.1 Å². The molecule has 2 N–H and O–H groups in total. The molecule has 2 atom stereocenters. The Morgan fingerprint density at radius 1 is 1.14 bits per heavy atom. The lowest BCUT2D eigenvalue weighted by Gasteiger charge is -2.21. The summed E-state index contributed by atoms with van der Waals surface area (Å²) in [4.78, 5) is 13.0. The van der Waals surface area contributed by atoms with Crippen molar-refractivity contribution in [2.24, 2.45) is 11.0 Å². The summed E-state index contributed by atoms with van der Waals surface area (Å²) in [6.45, 7) is 0. The fourth-order valence-electron chi connectivity index (χ4n) is 3.61. The third-order valence-corrected chi connectivity index (χ3v) is 6.16. The summed E-state index contributed by atoms with van der Waals surface area (Å²) in [5.41, 5.74) is 2.76. The average molecular weight is 540 g/mol. The van der Waals surface area contributed by atoms with Crippen molar-refractivity contribution in [3.05, 3.63) is 58.6 Å². The first-order valence-electron chi connectivity index (χ1n) is 10.2. The Balaban J connectivity index is 1.77. The van der Waals surface area contributed by atoms with Crippen LogP contribution in [-0.2, 0) is 11.0 Å². The zero-order valence-corrected chi connectivity index (χ0v) is 19.7. The van der Waals surface area contributed by atoms with E-state index in [9.17, 15) is 31.1 Å². The second-order valence-corrected chi connectivity index (χ2v) is 8.99. The highest BCUT2D eigenvalue weighted by molar-refractivity contribution is 7.98. The summed E-state index contributed by atoms with van der Waals surface area (Å²) < 4.78 is 80.0. The Bertz CT molecular complexity index is 1080. The molecule has 2 unspecified atom stereocenters. The number of amides is 1. The molecule has 35 heavy (non-hydrogen) atoms. The highest BCUT2D eigenvalue weighted by Gasteiger charge is 2.38. The van der Waals surface area contributed by atoms with Crippen LogP contribution in [-0.4, -0.2) is 36.0 Å². The van der Waals surface area contributed by atoms with Crippen LogP contribution in [0.3, 0.4) is 0 Å². The first kappa shape index (κ1) is 27.0. The normalized spacial score (nSPS) is 18.1. The van der Waals surface area contributed by atoms with Crippen molar-refractivity contribution in [2.75, 3.05) is 17.3 Å². The van der Waals surface area contributed by atoms with Gasteiger partial charge in [-0.05, 0) is 66.8 Å². The summed E-state index contributed by atoms with van der Waals surface area (Å²) in [6.07, 6.45) is -6.28. The van der Waals surface area contributed by atoms with Crippen LogP contribution in [0.25, 0.3) is 0 Å². The SMILES string of the molecule is CSCCCC1C(c2ccc(C(F)(F)F)c(Cl)c2)=NNC1C(=O)Nc1ccc(OC(F)(F)F)cc1. The van der Waals surface area contributed by atoms with E-state index in [1.807, 2.05) is 6.26 Å². The number of nitrogens with zero attached hydrogens (tertiary/aromatic N) is 1. The van der Waals surface area contributed by atoms with Crippen LogP contribution in [0.4, 0.5) is 32.0 Å². The van der Waals surface area contributed by atoms with Crippen LogP contribution >= 0.6 is 23.4 Å². The van der Waals surface area contributed by atoms with Crippen molar-refractivity contribution < 1.29 is 35.9 Å². The third-order valence-electron chi connectivity index (χ3n) is 5.15. The van der Waals surface area contributed by atoms with Crippen molar-refractivity contribution in [1.82, 2.24) is 5.43 Å². The van der Waals surface area contributed by atoms with E-state index in [4.69, 9.17) is 11.6 Å². The Morgan fingerprint density at radius 2 is 1.83 bits per heavy atom. The topological polar surface area (TPSA) is 62.7 Å². The Kier molecular flexibility index (Phi) is 8.47. The van der Waals surface area contributed by atoms with Crippen molar-refractivity contribution in [1.29, 1.82) is 0 Å². The zero-order valence-electron chi connectivity index (χ0n) is 18.1. The maximum absolute atomic E-state index is 13.1. The molecule has 2 aromatic rings. The van der Waals surface area contributed by atoms with E-state index in [0.717, 1.165) is 24.0 Å². The summed E-state index contributed by atoms with van der Waals surface area (Å²) in [6, 6.07) is 7.10. The highest BCUT2D eigenvalue weighted by Crippen LogP contribution is 2.36. The number of anilines is 1. The summed E-state index contributed by atoms with van der Waals surface area (Å²) in [5, 5.41) is 6.35. The van der Waals surface area contributed by atoms with Crippen molar-refractivity contribution in [3.8, 4) is 5.75 Å². The zero-order chi connectivity index (χ0) is 25.8. The van der Waals surface area contributed by atoms with Crippen LogP contribution in [0, 0.1) is 5.92 Å². The Labute approximate surface area is 206 Å². The minimum Gasteiger partial charge on any atom is -0.406 e. The molecule has 190 valence electrons. The van der Waals surface area contributed by atoms with Gasteiger partial charge in [-0.15, -0.1) is 13.2 Å². The van der Waals surface area contributed by atoms with Crippen LogP contribution in [0.1, 0.15) is 24.0 Å². The number of carbonyl (C=O) groups is 1. The maximum Gasteiger partial charge on any atom is 0.573 e. The molecular weight excluding hydrogens is 520 g/mol. The molecule has 13 heteroatoms. The van der Waals surface area contributed by atoms with Crippen LogP contribution < -0.4 is 15.5 Å². The van der Waals surface area contributed by atoms with E-state index in [2.05, 4.69) is 20.6 Å². The lowest BCUT2D eigenvalue weighted by atomic mass is 9.87. The van der Waals surface area contributed by atoms with E-state index in [-0.39, 0.29) is 5.69 Å². The minimum absolute atomic E-state index is 0.236. The minimum atomic E-state index is -4.84. The van der Waals surface area contributed by atoms with Crippen molar-refractivity contribution in [3.63, 3.8) is 0 Å². The molecule has 1 amide bonds. The molecule has 0 spiro atoms. The molecule has 0 saturated carbocycles. The molecule has 1 aliphatic heterocycles. The number of hydrogen-bond donors (Lipinski definition) is 2. The molecule has 5 nitrogen and oxygen atoms in total. The summed E-state index contributed by atoms with van der Waals surface area (Å²) >= 11 is 7.48. The first-order chi connectivity index (χ1) is 16.4. The van der Waals surface area contributed by atoms with E-state index in [1.165, 1.54) is 24.3 Å². The van der Waals surface area contributed by atoms with Gasteiger partial charge in [0.15, 0.2) is 0 Å². The monoisotopic (exact) mass is 539 g/mol. The molecule has 0 aromatic heterocycles. The number of carbonyl (C=O) groups excluding carboxylic acids is 1. The smallest absolute Gasteiger partial charge is 0.406 e. The fourth-order valence-corrected chi connectivity index (χ4v) is 4.35. The van der Waals surface area contributed by atoms with Crippen LogP contribution in [0.15, 0.2) is 47.6 Å². The molecule has 0 saturated heterocycles. The number of ether oxygens (including phenoxy) is 1. The standard InChI is InChI=1S/C22H20ClF6N3O2S/c1-35-10-2-3-15-18(12-4-9-16(17(23)11-12)21(24,25)26)31-32-19(15)20(33)30-13-5-7-14(8-6-13)34-22(27,28)29/h4-9,11,15,19,32H,2-3,10H2,1H3,(H,30,33). The quantitative estimate of drug-likeness (QED) is 0.304. The second-order valence-electron chi connectivity index (χ2n) is 7.60. The number of alkyl halides is 6. The maximum atomic E-state index is 13.1. The number of nitrogens with one attached hydrogen (secondary N) is 2. The van der Waals surface area contributed by atoms with Crippen LogP contribution in [0.5, 0.6) is 5.75 Å². The van der Waals surface area contributed by atoms with Gasteiger partial charge < -0.3 is 10.1 Å². The predicted molar refractivity (Wildman–Crippen MR) is 123 cm³/mol. The highest BCUT2D eigenvalue weighted by atomic mass is 35.5. The average Bonchev–Trinajstić information content (AvgIpc) is 3.17. The lowest BCUT2D eigenvalue weighted by molar-refractivity contribution is -0.274. The van der Waals surface area contributed by atoms with Gasteiger partial charge in [0.05, 0.1) is 16.3 Å². The summed E-state index contributed by atoms with van der Waals surface area (Å²) in [5.74, 6) is -0.607. The molecular formula is C22H20ClF6N3O2S. The molecule has 2 aromatic carbocycles. The van der Waals surface area contributed by atoms with E-state index < -0.39 is 46.7 Å². The molecule has 3 rings (SSSR count). The number of hydrazone groups is 1. The van der Waals surface area contributed by atoms with E-state index >= 15 is 0 Å². The lowest BCUT2D eigenvalue weighted by Crippen LogP contribution is -2.41. The van der Waals surface area contributed by atoms with Gasteiger partial charge in [0.2, 0.25) is 5.91 Å². The second kappa shape index (κ2) is 11.0. The number of benzene rings is 2.